The predicted molar refractivity (Wildman–Crippen MR) is 76.5 cm³/mol. The summed E-state index contributed by atoms with van der Waals surface area (Å²) >= 11 is 1.66. The van der Waals surface area contributed by atoms with Gasteiger partial charge in [-0.3, -0.25) is 4.79 Å². The fourth-order valence-electron chi connectivity index (χ4n) is 2.90. The van der Waals surface area contributed by atoms with Crippen molar-refractivity contribution in [1.82, 2.24) is 15.2 Å². The van der Waals surface area contributed by atoms with Crippen LogP contribution in [-0.4, -0.2) is 54.1 Å². The number of carbonyl (C=O) groups is 1. The Kier molecular flexibility index (Phi) is 3.45. The Balaban J connectivity index is 1.59. The van der Waals surface area contributed by atoms with E-state index < -0.39 is 0 Å². The number of nitrogens with zero attached hydrogens (tertiary/aromatic N) is 3. The second-order valence-corrected chi connectivity index (χ2v) is 6.33. The zero-order valence-electron chi connectivity index (χ0n) is 11.3. The van der Waals surface area contributed by atoms with Gasteiger partial charge in [0.25, 0.3) is 0 Å². The number of hydrogen-bond acceptors (Lipinski definition) is 5. The highest BCUT2D eigenvalue weighted by Crippen LogP contribution is 2.24. The minimum Gasteiger partial charge on any atom is -0.345 e. The predicted octanol–water partition coefficient (Wildman–Crippen LogP) is 0.934. The summed E-state index contributed by atoms with van der Waals surface area (Å²) in [6, 6.07) is 0. The van der Waals surface area contributed by atoms with Crippen LogP contribution in [0.3, 0.4) is 0 Å². The molecule has 1 unspecified atom stereocenters. The third-order valence-corrected chi connectivity index (χ3v) is 4.93. The molecule has 19 heavy (non-hydrogen) atoms. The lowest BCUT2D eigenvalue weighted by Gasteiger charge is -2.38. The molecule has 6 heteroatoms. The van der Waals surface area contributed by atoms with Crippen molar-refractivity contribution in [2.45, 2.75) is 25.3 Å². The summed E-state index contributed by atoms with van der Waals surface area (Å²) in [7, 11) is 0. The number of aromatic nitrogens is 1. The maximum Gasteiger partial charge on any atom is 0.242 e. The monoisotopic (exact) mass is 280 g/mol. The Morgan fingerprint density at radius 1 is 1.42 bits per heavy atom. The van der Waals surface area contributed by atoms with Crippen molar-refractivity contribution in [3.63, 3.8) is 0 Å². The number of rotatable bonds is 2. The van der Waals surface area contributed by atoms with Crippen LogP contribution in [0.15, 0.2) is 11.6 Å². The third-order valence-electron chi connectivity index (χ3n) is 4.10. The van der Waals surface area contributed by atoms with E-state index in [9.17, 15) is 4.79 Å². The largest absolute Gasteiger partial charge is 0.345 e. The van der Waals surface area contributed by atoms with Gasteiger partial charge in [-0.2, -0.15) is 0 Å². The molecule has 1 aromatic heterocycles. The summed E-state index contributed by atoms with van der Waals surface area (Å²) in [5, 5.41) is 6.42. The molecule has 2 aliphatic rings. The normalized spacial score (nSPS) is 27.8. The zero-order chi connectivity index (χ0) is 13.3. The van der Waals surface area contributed by atoms with E-state index in [0.29, 0.717) is 0 Å². The number of thiazole rings is 1. The molecule has 1 aromatic rings. The van der Waals surface area contributed by atoms with Gasteiger partial charge in [-0.1, -0.05) is 0 Å². The Hall–Kier alpha value is -1.14. The van der Waals surface area contributed by atoms with Crippen molar-refractivity contribution < 1.29 is 4.79 Å². The summed E-state index contributed by atoms with van der Waals surface area (Å²) in [6.07, 6.45) is 3.89. The molecule has 0 radical (unpaired) electrons. The van der Waals surface area contributed by atoms with Gasteiger partial charge in [0.1, 0.15) is 0 Å². The van der Waals surface area contributed by atoms with Gasteiger partial charge in [-0.15, -0.1) is 11.3 Å². The van der Waals surface area contributed by atoms with E-state index in [4.69, 9.17) is 0 Å². The molecule has 2 aliphatic heterocycles. The quantitative estimate of drug-likeness (QED) is 0.876. The van der Waals surface area contributed by atoms with Crippen LogP contribution in [-0.2, 0) is 4.79 Å². The maximum absolute atomic E-state index is 12.5. The summed E-state index contributed by atoms with van der Waals surface area (Å²) in [4.78, 5) is 21.1. The molecule has 1 atom stereocenters. The molecule has 0 saturated carbocycles. The van der Waals surface area contributed by atoms with Gasteiger partial charge in [0.05, 0.1) is 5.54 Å². The first kappa shape index (κ1) is 12.9. The highest BCUT2D eigenvalue weighted by molar-refractivity contribution is 7.13. The highest BCUT2D eigenvalue weighted by Gasteiger charge is 2.39. The van der Waals surface area contributed by atoms with Crippen molar-refractivity contribution in [2.24, 2.45) is 0 Å². The number of piperazine rings is 1. The van der Waals surface area contributed by atoms with Crippen LogP contribution < -0.4 is 10.2 Å². The lowest BCUT2D eigenvalue weighted by Crippen LogP contribution is -2.58. The molecule has 0 aromatic carbocycles. The van der Waals surface area contributed by atoms with Crippen LogP contribution in [0, 0.1) is 0 Å². The van der Waals surface area contributed by atoms with E-state index in [1.807, 2.05) is 23.4 Å². The number of anilines is 1. The second-order valence-electron chi connectivity index (χ2n) is 5.46. The topological polar surface area (TPSA) is 48.5 Å². The Bertz CT molecular complexity index is 434. The molecule has 0 spiro atoms. The molecule has 3 rings (SSSR count). The van der Waals surface area contributed by atoms with Gasteiger partial charge in [0, 0.05) is 37.8 Å². The van der Waals surface area contributed by atoms with Crippen LogP contribution in [0.2, 0.25) is 0 Å². The lowest BCUT2D eigenvalue weighted by molar-refractivity contribution is -0.137. The molecular formula is C13H20N4OS. The highest BCUT2D eigenvalue weighted by atomic mass is 32.1. The zero-order valence-corrected chi connectivity index (χ0v) is 12.1. The van der Waals surface area contributed by atoms with E-state index in [1.165, 1.54) is 0 Å². The first-order valence-electron chi connectivity index (χ1n) is 6.88. The molecule has 3 heterocycles. The van der Waals surface area contributed by atoms with Crippen LogP contribution in [0.4, 0.5) is 5.13 Å². The second kappa shape index (κ2) is 5.09. The van der Waals surface area contributed by atoms with Crippen LogP contribution in [0.1, 0.15) is 19.8 Å². The van der Waals surface area contributed by atoms with Gasteiger partial charge in [-0.05, 0) is 26.3 Å². The molecular weight excluding hydrogens is 260 g/mol. The van der Waals surface area contributed by atoms with E-state index in [1.54, 1.807) is 11.3 Å². The van der Waals surface area contributed by atoms with E-state index in [2.05, 4.69) is 15.2 Å². The van der Waals surface area contributed by atoms with Gasteiger partial charge in [0.15, 0.2) is 5.13 Å². The fourth-order valence-corrected chi connectivity index (χ4v) is 3.60. The van der Waals surface area contributed by atoms with Crippen LogP contribution >= 0.6 is 11.3 Å². The third kappa shape index (κ3) is 2.47. The van der Waals surface area contributed by atoms with Crippen molar-refractivity contribution in [3.05, 3.63) is 11.6 Å². The minimum atomic E-state index is -0.330. The smallest absolute Gasteiger partial charge is 0.242 e. The van der Waals surface area contributed by atoms with Crippen molar-refractivity contribution >= 4 is 22.4 Å². The van der Waals surface area contributed by atoms with Gasteiger partial charge in [-0.25, -0.2) is 4.98 Å². The average Bonchev–Trinajstić information content (AvgIpc) is 3.10. The maximum atomic E-state index is 12.5. The van der Waals surface area contributed by atoms with Gasteiger partial charge >= 0.3 is 0 Å². The minimum absolute atomic E-state index is 0.267. The molecule has 0 bridgehead atoms. The first-order valence-corrected chi connectivity index (χ1v) is 7.76. The number of nitrogens with one attached hydrogen (secondary N) is 1. The van der Waals surface area contributed by atoms with Crippen molar-refractivity contribution in [1.29, 1.82) is 0 Å². The fraction of sp³-hybridized carbons (Fsp3) is 0.692. The van der Waals surface area contributed by atoms with Gasteiger partial charge < -0.3 is 15.1 Å². The number of amides is 1. The Morgan fingerprint density at radius 3 is 2.79 bits per heavy atom. The molecule has 0 aliphatic carbocycles. The van der Waals surface area contributed by atoms with E-state index >= 15 is 0 Å². The summed E-state index contributed by atoms with van der Waals surface area (Å²) in [5.41, 5.74) is -0.330. The first-order chi connectivity index (χ1) is 9.19. The van der Waals surface area contributed by atoms with E-state index in [0.717, 1.165) is 50.7 Å². The van der Waals surface area contributed by atoms with Crippen LogP contribution in [0.25, 0.3) is 0 Å². The van der Waals surface area contributed by atoms with Crippen molar-refractivity contribution in [3.8, 4) is 0 Å². The average molecular weight is 280 g/mol. The lowest BCUT2D eigenvalue weighted by atomic mass is 9.98. The molecule has 2 saturated heterocycles. The van der Waals surface area contributed by atoms with Crippen LogP contribution in [0.5, 0.6) is 0 Å². The van der Waals surface area contributed by atoms with Gasteiger partial charge in [0.2, 0.25) is 5.91 Å². The molecule has 104 valence electrons. The molecule has 1 N–H and O–H groups in total. The standard InChI is InChI=1S/C13H20N4OS/c1-13(3-2-4-15-13)11(18)16-6-8-17(9-7-16)12-14-5-10-19-12/h5,10,15H,2-4,6-9H2,1H3. The van der Waals surface area contributed by atoms with Crippen molar-refractivity contribution in [2.75, 3.05) is 37.6 Å². The Morgan fingerprint density at radius 2 is 2.21 bits per heavy atom. The Labute approximate surface area is 117 Å². The molecule has 1 amide bonds. The SMILES string of the molecule is CC1(C(=O)N2CCN(c3nccs3)CC2)CCCN1. The number of carbonyl (C=O) groups excluding carboxylic acids is 1. The molecule has 2 fully saturated rings. The number of hydrogen-bond donors (Lipinski definition) is 1. The summed E-state index contributed by atoms with van der Waals surface area (Å²) < 4.78 is 0. The summed E-state index contributed by atoms with van der Waals surface area (Å²) in [5.74, 6) is 0.267. The van der Waals surface area contributed by atoms with E-state index in [-0.39, 0.29) is 11.4 Å². The molecule has 5 nitrogen and oxygen atoms in total. The summed E-state index contributed by atoms with van der Waals surface area (Å²) in [6.45, 7) is 6.37.